The van der Waals surface area contributed by atoms with Crippen molar-refractivity contribution >= 4 is 17.5 Å². The normalized spacial score (nSPS) is 17.5. The lowest BCUT2D eigenvalue weighted by Gasteiger charge is -2.25. The van der Waals surface area contributed by atoms with Crippen LogP contribution >= 0.6 is 0 Å². The fourth-order valence-corrected chi connectivity index (χ4v) is 2.53. The fraction of sp³-hybridized carbons (Fsp3) is 0.533. The molecular weight excluding hydrogens is 301 g/mol. The van der Waals surface area contributed by atoms with Gasteiger partial charge in [0.25, 0.3) is 0 Å². The van der Waals surface area contributed by atoms with Gasteiger partial charge in [0.1, 0.15) is 11.9 Å². The molecule has 0 spiro atoms. The zero-order valence-electron chi connectivity index (χ0n) is 13.3. The molecule has 0 aromatic heterocycles. The molecule has 1 fully saturated rings. The third kappa shape index (κ3) is 4.10. The highest BCUT2D eigenvalue weighted by Gasteiger charge is 2.31. The molecule has 7 nitrogen and oxygen atoms in total. The van der Waals surface area contributed by atoms with Gasteiger partial charge in [-0.1, -0.05) is 0 Å². The van der Waals surface area contributed by atoms with E-state index in [1.807, 2.05) is 11.9 Å². The highest BCUT2D eigenvalue weighted by Crippen LogP contribution is 2.27. The minimum Gasteiger partial charge on any atom is -0.443 e. The number of hydrogen-bond donors (Lipinski definition) is 3. The molecule has 23 heavy (non-hydrogen) atoms. The Labute approximate surface area is 135 Å². The Hall–Kier alpha value is -1.90. The summed E-state index contributed by atoms with van der Waals surface area (Å²) in [4.78, 5) is 15.1. The summed E-state index contributed by atoms with van der Waals surface area (Å²) in [5, 5.41) is 3.03. The smallest absolute Gasteiger partial charge is 0.414 e. The average molecular weight is 325 g/mol. The van der Waals surface area contributed by atoms with E-state index in [1.54, 1.807) is 12.1 Å². The van der Waals surface area contributed by atoms with Gasteiger partial charge in [-0.25, -0.2) is 9.18 Å². The highest BCUT2D eigenvalue weighted by atomic mass is 19.1. The molecule has 1 aliphatic rings. The van der Waals surface area contributed by atoms with Crippen molar-refractivity contribution in [3.05, 3.63) is 24.0 Å². The largest absolute Gasteiger partial charge is 0.443 e. The molecule has 0 radical (unpaired) electrons. The van der Waals surface area contributed by atoms with Crippen LogP contribution in [0.15, 0.2) is 18.2 Å². The number of halogens is 1. The van der Waals surface area contributed by atoms with Crippen LogP contribution < -0.4 is 26.6 Å². The number of likely N-dealkylation sites (N-methyl/N-ethyl adjacent to an activating group) is 1. The van der Waals surface area contributed by atoms with Crippen LogP contribution in [0.1, 0.15) is 0 Å². The van der Waals surface area contributed by atoms with Gasteiger partial charge in [-0.15, -0.1) is 0 Å². The van der Waals surface area contributed by atoms with E-state index in [0.717, 1.165) is 6.54 Å². The zero-order valence-corrected chi connectivity index (χ0v) is 13.3. The van der Waals surface area contributed by atoms with Crippen LogP contribution in [0, 0.1) is 5.82 Å². The SMILES string of the molecule is CNCCN(CCN)c1ccc(N2C[C@H](CN)OC2=O)cc1F. The first kappa shape index (κ1) is 17.5. The molecule has 8 heteroatoms. The van der Waals surface area contributed by atoms with Crippen molar-refractivity contribution in [1.82, 2.24) is 5.32 Å². The second-order valence-corrected chi connectivity index (χ2v) is 5.37. The van der Waals surface area contributed by atoms with Crippen LogP contribution in [0.25, 0.3) is 0 Å². The number of hydrogen-bond acceptors (Lipinski definition) is 6. The van der Waals surface area contributed by atoms with E-state index in [-0.39, 0.29) is 12.6 Å². The summed E-state index contributed by atoms with van der Waals surface area (Å²) in [5.41, 5.74) is 12.0. The van der Waals surface area contributed by atoms with Crippen molar-refractivity contribution in [2.45, 2.75) is 6.10 Å². The summed E-state index contributed by atoms with van der Waals surface area (Å²) in [6.07, 6.45) is -0.851. The molecule has 128 valence electrons. The van der Waals surface area contributed by atoms with E-state index in [9.17, 15) is 9.18 Å². The number of anilines is 2. The number of cyclic esters (lactones) is 1. The predicted octanol–water partition coefficient (Wildman–Crippen LogP) is 0.0941. The van der Waals surface area contributed by atoms with Crippen LogP contribution in [0.5, 0.6) is 0 Å². The maximum Gasteiger partial charge on any atom is 0.414 e. The molecule has 1 heterocycles. The van der Waals surface area contributed by atoms with Gasteiger partial charge >= 0.3 is 6.09 Å². The van der Waals surface area contributed by atoms with E-state index < -0.39 is 11.9 Å². The first-order valence-electron chi connectivity index (χ1n) is 7.68. The number of benzene rings is 1. The van der Waals surface area contributed by atoms with Crippen LogP contribution in [0.3, 0.4) is 0 Å². The Morgan fingerprint density at radius 1 is 1.43 bits per heavy atom. The Morgan fingerprint density at radius 2 is 2.22 bits per heavy atom. The van der Waals surface area contributed by atoms with Gasteiger partial charge < -0.3 is 26.4 Å². The molecule has 1 amide bonds. The Bertz CT molecular complexity index is 543. The number of nitrogens with zero attached hydrogens (tertiary/aromatic N) is 2. The first-order valence-corrected chi connectivity index (χ1v) is 7.68. The van der Waals surface area contributed by atoms with Crippen molar-refractivity contribution in [2.75, 3.05) is 56.1 Å². The van der Waals surface area contributed by atoms with Crippen molar-refractivity contribution < 1.29 is 13.9 Å². The minimum atomic E-state index is -0.499. The maximum atomic E-state index is 14.5. The van der Waals surface area contributed by atoms with Gasteiger partial charge in [-0.2, -0.15) is 0 Å². The average Bonchev–Trinajstić information content (AvgIpc) is 2.92. The number of carbonyl (C=O) groups is 1. The molecule has 1 saturated heterocycles. The Morgan fingerprint density at radius 3 is 2.78 bits per heavy atom. The number of nitrogens with two attached hydrogens (primary N) is 2. The second-order valence-electron chi connectivity index (χ2n) is 5.37. The minimum absolute atomic E-state index is 0.247. The molecule has 2 rings (SSSR count). The molecule has 1 aliphatic heterocycles. The van der Waals surface area contributed by atoms with Crippen LogP contribution in [0.4, 0.5) is 20.6 Å². The molecule has 0 saturated carbocycles. The molecular formula is C15H24FN5O2. The summed E-state index contributed by atoms with van der Waals surface area (Å²) in [6.45, 7) is 2.93. The van der Waals surface area contributed by atoms with Gasteiger partial charge in [-0.3, -0.25) is 4.90 Å². The quantitative estimate of drug-likeness (QED) is 0.627. The highest BCUT2D eigenvalue weighted by molar-refractivity contribution is 5.90. The molecule has 0 aliphatic carbocycles. The monoisotopic (exact) mass is 325 g/mol. The third-order valence-corrected chi connectivity index (χ3v) is 3.75. The number of carbonyl (C=O) groups excluding carboxylic acids is 1. The van der Waals surface area contributed by atoms with Crippen molar-refractivity contribution in [2.24, 2.45) is 11.5 Å². The van der Waals surface area contributed by atoms with Gasteiger partial charge in [-0.05, 0) is 25.2 Å². The summed E-state index contributed by atoms with van der Waals surface area (Å²) >= 11 is 0. The van der Waals surface area contributed by atoms with Crippen LogP contribution in [0.2, 0.25) is 0 Å². The maximum absolute atomic E-state index is 14.5. The predicted molar refractivity (Wildman–Crippen MR) is 88.3 cm³/mol. The molecule has 5 N–H and O–H groups in total. The second kappa shape index (κ2) is 8.09. The van der Waals surface area contributed by atoms with E-state index in [4.69, 9.17) is 16.2 Å². The summed E-state index contributed by atoms with van der Waals surface area (Å²) in [5.74, 6) is -0.393. The molecule has 1 aromatic rings. The Kier molecular flexibility index (Phi) is 6.14. The standard InChI is InChI=1S/C15H24FN5O2/c1-19-5-7-20(6-4-17)14-3-2-11(8-13(14)16)21-10-12(9-18)23-15(21)22/h2-3,8,12,19H,4-7,9-10,17-18H2,1H3/t12-/m0/s1. The molecule has 1 aromatic carbocycles. The first-order chi connectivity index (χ1) is 11.1. The van der Waals surface area contributed by atoms with E-state index in [1.165, 1.54) is 11.0 Å². The summed E-state index contributed by atoms with van der Waals surface area (Å²) in [7, 11) is 1.84. The third-order valence-electron chi connectivity index (χ3n) is 3.75. The van der Waals surface area contributed by atoms with E-state index >= 15 is 0 Å². The molecule has 0 bridgehead atoms. The fourth-order valence-electron chi connectivity index (χ4n) is 2.53. The van der Waals surface area contributed by atoms with Gasteiger partial charge in [0.05, 0.1) is 17.9 Å². The van der Waals surface area contributed by atoms with Gasteiger partial charge in [0.15, 0.2) is 0 Å². The zero-order chi connectivity index (χ0) is 16.8. The van der Waals surface area contributed by atoms with E-state index in [2.05, 4.69) is 5.32 Å². The number of rotatable bonds is 8. The van der Waals surface area contributed by atoms with Crippen LogP contribution in [-0.4, -0.2) is 58.5 Å². The lowest BCUT2D eigenvalue weighted by Crippen LogP contribution is -2.35. The van der Waals surface area contributed by atoms with Crippen molar-refractivity contribution in [1.29, 1.82) is 0 Å². The number of ether oxygens (including phenoxy) is 1. The van der Waals surface area contributed by atoms with Crippen molar-refractivity contribution in [3.8, 4) is 0 Å². The number of amides is 1. The van der Waals surface area contributed by atoms with E-state index in [0.29, 0.717) is 37.6 Å². The van der Waals surface area contributed by atoms with Crippen molar-refractivity contribution in [3.63, 3.8) is 0 Å². The molecule has 1 atom stereocenters. The van der Waals surface area contributed by atoms with Gasteiger partial charge in [0.2, 0.25) is 0 Å². The molecule has 0 unspecified atom stereocenters. The lowest BCUT2D eigenvalue weighted by molar-refractivity contribution is 0.145. The van der Waals surface area contributed by atoms with Gasteiger partial charge in [0, 0.05) is 32.7 Å². The number of nitrogens with one attached hydrogen (secondary N) is 1. The van der Waals surface area contributed by atoms with Crippen LogP contribution in [-0.2, 0) is 4.74 Å². The topological polar surface area (TPSA) is 96.8 Å². The summed E-state index contributed by atoms with van der Waals surface area (Å²) < 4.78 is 19.6. The lowest BCUT2D eigenvalue weighted by atomic mass is 10.2. The summed E-state index contributed by atoms with van der Waals surface area (Å²) in [6, 6.07) is 4.72. The Balaban J connectivity index is 2.17.